The van der Waals surface area contributed by atoms with Gasteiger partial charge in [-0.15, -0.1) is 0 Å². The number of quaternary nitrogens is 1. The third-order valence-electron chi connectivity index (χ3n) is 6.76. The number of hydrogen-bond donors (Lipinski definition) is 5. The highest BCUT2D eigenvalue weighted by atomic mass is 19.4. The van der Waals surface area contributed by atoms with Crippen LogP contribution in [0.25, 0.3) is 10.9 Å². The van der Waals surface area contributed by atoms with Crippen LogP contribution in [-0.4, -0.2) is 66.4 Å². The normalized spacial score (nSPS) is 11.7. The Morgan fingerprint density at radius 2 is 1.56 bits per heavy atom. The van der Waals surface area contributed by atoms with Crippen molar-refractivity contribution in [3.8, 4) is 0 Å². The van der Waals surface area contributed by atoms with E-state index in [0.29, 0.717) is 34.5 Å². The van der Waals surface area contributed by atoms with Crippen molar-refractivity contribution in [1.29, 1.82) is 5.41 Å². The van der Waals surface area contributed by atoms with Crippen molar-refractivity contribution in [3.63, 3.8) is 0 Å². The van der Waals surface area contributed by atoms with Crippen LogP contribution in [0.4, 0.5) is 29.3 Å². The zero-order chi connectivity index (χ0) is 36.0. The number of amidine groups is 1. The van der Waals surface area contributed by atoms with Gasteiger partial charge in [0.25, 0.3) is 5.91 Å². The molecule has 4 aromatic rings. The number of rotatable bonds is 8. The summed E-state index contributed by atoms with van der Waals surface area (Å²) in [6, 6.07) is 22.9. The van der Waals surface area contributed by atoms with Gasteiger partial charge in [-0.2, -0.15) is 13.2 Å². The van der Waals surface area contributed by atoms with E-state index < -0.39 is 23.8 Å². The Kier molecular flexibility index (Phi) is 11.3. The van der Waals surface area contributed by atoms with Crippen LogP contribution < -0.4 is 20.9 Å². The molecule has 1 aromatic heterocycles. The van der Waals surface area contributed by atoms with Gasteiger partial charge in [0.15, 0.2) is 0 Å². The number of aliphatic carboxylic acids is 1. The molecular formula is C34H40F3N6O5+. The number of carbonyl (C=O) groups excluding carboxylic acids is 2. The van der Waals surface area contributed by atoms with Crippen molar-refractivity contribution in [1.82, 2.24) is 14.4 Å². The number of nitrogens with one attached hydrogen (secondary N) is 3. The monoisotopic (exact) mass is 669 g/mol. The summed E-state index contributed by atoms with van der Waals surface area (Å²) in [6.45, 7) is 6.19. The first-order chi connectivity index (χ1) is 22.1. The second kappa shape index (κ2) is 14.6. The molecule has 4 rings (SSSR count). The van der Waals surface area contributed by atoms with Gasteiger partial charge in [-0.1, -0.05) is 30.3 Å². The van der Waals surface area contributed by atoms with Gasteiger partial charge in [0.05, 0.1) is 21.1 Å². The molecule has 48 heavy (non-hydrogen) atoms. The molecule has 0 spiro atoms. The summed E-state index contributed by atoms with van der Waals surface area (Å²) in [6.07, 6.45) is -5.63. The first-order valence-corrected chi connectivity index (χ1v) is 14.7. The number of fused-ring (bicyclic) bond motifs is 1. The number of hydrogen-bond acceptors (Lipinski definition) is 5. The predicted octanol–water partition coefficient (Wildman–Crippen LogP) is 6.08. The molecule has 3 aromatic carbocycles. The molecule has 0 radical (unpaired) electrons. The Balaban J connectivity index is 0.000000804. The number of carbonyl (C=O) groups is 3. The second-order valence-corrected chi connectivity index (χ2v) is 12.8. The fraction of sp³-hybridized carbons (Fsp3) is 0.294. The van der Waals surface area contributed by atoms with E-state index in [4.69, 9.17) is 25.8 Å². The van der Waals surface area contributed by atoms with Gasteiger partial charge >= 0.3 is 18.2 Å². The number of aromatic nitrogens is 1. The van der Waals surface area contributed by atoms with Crippen LogP contribution in [0.15, 0.2) is 72.8 Å². The van der Waals surface area contributed by atoms with Gasteiger partial charge in [-0.05, 0) is 74.4 Å². The molecular weight excluding hydrogens is 629 g/mol. The molecule has 6 N–H and O–H groups in total. The summed E-state index contributed by atoms with van der Waals surface area (Å²) in [4.78, 5) is 34.8. The molecule has 14 heteroatoms. The first-order valence-electron chi connectivity index (χ1n) is 14.7. The zero-order valence-corrected chi connectivity index (χ0v) is 27.5. The number of alkyl halides is 3. The van der Waals surface area contributed by atoms with E-state index in [1.54, 1.807) is 32.9 Å². The van der Waals surface area contributed by atoms with Crippen LogP contribution in [0.2, 0.25) is 0 Å². The molecule has 0 fully saturated rings. The van der Waals surface area contributed by atoms with E-state index in [1.807, 2.05) is 53.1 Å². The predicted molar refractivity (Wildman–Crippen MR) is 179 cm³/mol. The highest BCUT2D eigenvalue weighted by molar-refractivity contribution is 6.00. The maximum Gasteiger partial charge on any atom is 0.490 e. The number of nitrogens with two attached hydrogens (primary N) is 1. The minimum atomic E-state index is -5.08. The number of anilines is 1. The third-order valence-corrected chi connectivity index (χ3v) is 6.76. The summed E-state index contributed by atoms with van der Waals surface area (Å²) in [5.74, 6) is -3.00. The quantitative estimate of drug-likeness (QED) is 0.0869. The molecule has 0 aliphatic carbocycles. The third kappa shape index (κ3) is 10.6. The summed E-state index contributed by atoms with van der Waals surface area (Å²) in [7, 11) is 6.32. The number of ether oxygens (including phenoxy) is 1. The molecule has 0 bridgehead atoms. The Morgan fingerprint density at radius 1 is 0.938 bits per heavy atom. The first kappa shape index (κ1) is 37.1. The maximum absolute atomic E-state index is 13.5. The Labute approximate surface area is 276 Å². The van der Waals surface area contributed by atoms with Gasteiger partial charge in [0.2, 0.25) is 0 Å². The van der Waals surface area contributed by atoms with Gasteiger partial charge in [0, 0.05) is 35.2 Å². The highest BCUT2D eigenvalue weighted by Crippen LogP contribution is 2.26. The average molecular weight is 670 g/mol. The van der Waals surface area contributed by atoms with E-state index in [9.17, 15) is 22.8 Å². The SMILES string of the molecule is CC(C)(C)OC(=O)Nc1ccc2c(c1)cc(C(=O)NCc1ccc([N+](C)(C)C)cc1)n2Cc1cccc(C(=N)N)c1.O=C(O)C(F)(F)F. The Morgan fingerprint density at radius 3 is 2.10 bits per heavy atom. The van der Waals surface area contributed by atoms with Crippen molar-refractivity contribution < 1.29 is 37.4 Å². The van der Waals surface area contributed by atoms with Gasteiger partial charge in [-0.25, -0.2) is 9.59 Å². The van der Waals surface area contributed by atoms with Crippen molar-refractivity contribution in [2.24, 2.45) is 5.73 Å². The van der Waals surface area contributed by atoms with Crippen LogP contribution in [0.1, 0.15) is 48.0 Å². The molecule has 0 saturated carbocycles. The lowest BCUT2D eigenvalue weighted by molar-refractivity contribution is -0.192. The van der Waals surface area contributed by atoms with Crippen molar-refractivity contribution >= 4 is 46.1 Å². The number of carboxylic acid groups (broad SMARTS) is 1. The number of nitrogens with zero attached hydrogens (tertiary/aromatic N) is 2. The van der Waals surface area contributed by atoms with Crippen LogP contribution >= 0.6 is 0 Å². The molecule has 2 amide bonds. The molecule has 0 aliphatic rings. The number of carboxylic acids is 1. The Bertz CT molecular complexity index is 1800. The summed E-state index contributed by atoms with van der Waals surface area (Å²) < 4.78 is 39.8. The average Bonchev–Trinajstić information content (AvgIpc) is 3.32. The second-order valence-electron chi connectivity index (χ2n) is 12.8. The summed E-state index contributed by atoms with van der Waals surface area (Å²) in [5, 5.41) is 21.5. The van der Waals surface area contributed by atoms with Crippen LogP contribution in [0.3, 0.4) is 0 Å². The lowest BCUT2D eigenvalue weighted by Gasteiger charge is -2.23. The van der Waals surface area contributed by atoms with Gasteiger partial charge < -0.3 is 25.5 Å². The molecule has 11 nitrogen and oxygen atoms in total. The van der Waals surface area contributed by atoms with Crippen molar-refractivity contribution in [2.75, 3.05) is 26.5 Å². The standard InChI is InChI=1S/C32H38N6O3.C2HF3O2/c1-32(2,3)41-31(40)36-25-12-15-27-24(17-25)18-28(37(27)20-22-8-7-9-23(16-22)29(33)34)30(39)35-19-21-10-13-26(14-11-21)38(4,5)6;3-2(4,5)1(6)7/h7-18H,19-20H2,1-6H3,(H4-,33,34,35,36,39,40);(H,6,7)/p+1. The van der Waals surface area contributed by atoms with Crippen LogP contribution in [-0.2, 0) is 22.6 Å². The Hall–Kier alpha value is -5.37. The van der Waals surface area contributed by atoms with E-state index in [-0.39, 0.29) is 11.7 Å². The van der Waals surface area contributed by atoms with E-state index in [0.717, 1.165) is 22.0 Å². The summed E-state index contributed by atoms with van der Waals surface area (Å²) in [5.41, 5.74) is 10.6. The van der Waals surface area contributed by atoms with Gasteiger partial charge in [0.1, 0.15) is 22.8 Å². The van der Waals surface area contributed by atoms with Crippen LogP contribution in [0, 0.1) is 5.41 Å². The molecule has 256 valence electrons. The molecule has 0 atom stereocenters. The van der Waals surface area contributed by atoms with Crippen molar-refractivity contribution in [3.05, 3.63) is 95.2 Å². The number of nitrogen functional groups attached to an aromatic ring is 1. The minimum absolute atomic E-state index is 0.0173. The van der Waals surface area contributed by atoms with E-state index in [2.05, 4.69) is 43.9 Å². The molecule has 0 saturated heterocycles. The fourth-order valence-electron chi connectivity index (χ4n) is 4.48. The van der Waals surface area contributed by atoms with Crippen LogP contribution in [0.5, 0.6) is 0 Å². The molecule has 0 aliphatic heterocycles. The molecule has 0 unspecified atom stereocenters. The number of benzene rings is 3. The largest absolute Gasteiger partial charge is 0.490 e. The van der Waals surface area contributed by atoms with E-state index in [1.165, 1.54) is 5.69 Å². The number of amides is 2. The lowest BCUT2D eigenvalue weighted by Crippen LogP contribution is -2.34. The minimum Gasteiger partial charge on any atom is -0.475 e. The zero-order valence-electron chi connectivity index (χ0n) is 27.5. The smallest absolute Gasteiger partial charge is 0.475 e. The van der Waals surface area contributed by atoms with Gasteiger partial charge in [-0.3, -0.25) is 20.0 Å². The molecule has 1 heterocycles. The highest BCUT2D eigenvalue weighted by Gasteiger charge is 2.38. The topological polar surface area (TPSA) is 160 Å². The maximum atomic E-state index is 13.5. The summed E-state index contributed by atoms with van der Waals surface area (Å²) >= 11 is 0. The van der Waals surface area contributed by atoms with Crippen molar-refractivity contribution in [2.45, 2.75) is 45.6 Å². The van der Waals surface area contributed by atoms with E-state index >= 15 is 0 Å². The fourth-order valence-corrected chi connectivity index (χ4v) is 4.48. The number of halogens is 3. The lowest BCUT2D eigenvalue weighted by atomic mass is 10.1.